The number of rotatable bonds is 4. The fourth-order valence-corrected chi connectivity index (χ4v) is 1.73. The van der Waals surface area contributed by atoms with E-state index in [2.05, 4.69) is 10.5 Å². The number of nitrogens with zero attached hydrogens (tertiary/aromatic N) is 1. The van der Waals surface area contributed by atoms with Gasteiger partial charge >= 0.3 is 0 Å². The van der Waals surface area contributed by atoms with Crippen LogP contribution in [0.1, 0.15) is 21.5 Å². The Hall–Kier alpha value is -2.82. The topological polar surface area (TPSA) is 87.7 Å². The molecule has 0 heterocycles. The summed E-state index contributed by atoms with van der Waals surface area (Å²) in [5.41, 5.74) is 7.66. The molecule has 0 radical (unpaired) electrons. The van der Waals surface area contributed by atoms with Crippen molar-refractivity contribution in [1.29, 1.82) is 0 Å². The summed E-state index contributed by atoms with van der Waals surface area (Å²) >= 11 is 0. The number of benzene rings is 2. The molecular formula is C15H15N3O2. The van der Waals surface area contributed by atoms with E-state index < -0.39 is 0 Å². The van der Waals surface area contributed by atoms with E-state index in [-0.39, 0.29) is 11.7 Å². The van der Waals surface area contributed by atoms with Gasteiger partial charge in [0.05, 0.1) is 0 Å². The highest BCUT2D eigenvalue weighted by molar-refractivity contribution is 5.97. The first-order chi connectivity index (χ1) is 9.70. The summed E-state index contributed by atoms with van der Waals surface area (Å²) in [6, 6.07) is 16.1. The number of amides is 1. The Morgan fingerprint density at radius 2 is 1.70 bits per heavy atom. The van der Waals surface area contributed by atoms with Crippen LogP contribution in [0, 0.1) is 0 Å². The molecule has 2 rings (SSSR count). The van der Waals surface area contributed by atoms with Gasteiger partial charge in [-0.2, -0.15) is 0 Å². The molecule has 2 aromatic carbocycles. The number of oxime groups is 1. The summed E-state index contributed by atoms with van der Waals surface area (Å²) in [6.07, 6.45) is 0. The van der Waals surface area contributed by atoms with Crippen LogP contribution in [0.25, 0.3) is 0 Å². The van der Waals surface area contributed by atoms with Crippen molar-refractivity contribution in [2.24, 2.45) is 10.9 Å². The van der Waals surface area contributed by atoms with Gasteiger partial charge in [-0.1, -0.05) is 47.6 Å². The molecule has 0 unspecified atom stereocenters. The molecule has 2 aromatic rings. The molecule has 0 fully saturated rings. The van der Waals surface area contributed by atoms with E-state index in [0.717, 1.165) is 5.56 Å². The van der Waals surface area contributed by atoms with Gasteiger partial charge in [-0.3, -0.25) is 4.79 Å². The molecule has 0 aromatic heterocycles. The van der Waals surface area contributed by atoms with Crippen LogP contribution in [0.2, 0.25) is 0 Å². The summed E-state index contributed by atoms with van der Waals surface area (Å²) in [7, 11) is 0. The zero-order valence-electron chi connectivity index (χ0n) is 10.8. The van der Waals surface area contributed by atoms with E-state index in [4.69, 9.17) is 10.9 Å². The quantitative estimate of drug-likeness (QED) is 0.342. The molecule has 0 aliphatic rings. The Morgan fingerprint density at radius 3 is 2.30 bits per heavy atom. The van der Waals surface area contributed by atoms with Crippen molar-refractivity contribution >= 4 is 11.7 Å². The largest absolute Gasteiger partial charge is 0.409 e. The van der Waals surface area contributed by atoms with Crippen molar-refractivity contribution in [3.63, 3.8) is 0 Å². The lowest BCUT2D eigenvalue weighted by molar-refractivity contribution is 0.0951. The Labute approximate surface area is 116 Å². The van der Waals surface area contributed by atoms with Gasteiger partial charge in [0.2, 0.25) is 0 Å². The Morgan fingerprint density at radius 1 is 1.05 bits per heavy atom. The first kappa shape index (κ1) is 13.6. The molecule has 0 aliphatic carbocycles. The molecule has 0 aliphatic heterocycles. The maximum Gasteiger partial charge on any atom is 0.251 e. The smallest absolute Gasteiger partial charge is 0.251 e. The molecular weight excluding hydrogens is 254 g/mol. The van der Waals surface area contributed by atoms with Gasteiger partial charge in [-0.15, -0.1) is 0 Å². The number of nitrogens with one attached hydrogen (secondary N) is 1. The van der Waals surface area contributed by atoms with Gasteiger partial charge in [0.1, 0.15) is 0 Å². The van der Waals surface area contributed by atoms with Crippen LogP contribution < -0.4 is 11.1 Å². The highest BCUT2D eigenvalue weighted by Crippen LogP contribution is 2.05. The molecule has 5 nitrogen and oxygen atoms in total. The van der Waals surface area contributed by atoms with Crippen molar-refractivity contribution in [3.8, 4) is 0 Å². The Bertz CT molecular complexity index is 607. The number of hydrogen-bond donors (Lipinski definition) is 3. The maximum atomic E-state index is 11.9. The van der Waals surface area contributed by atoms with Crippen LogP contribution in [0.5, 0.6) is 0 Å². The number of carbonyl (C=O) groups is 1. The van der Waals surface area contributed by atoms with E-state index in [9.17, 15) is 4.79 Å². The second-order valence-electron chi connectivity index (χ2n) is 4.23. The zero-order chi connectivity index (χ0) is 14.4. The van der Waals surface area contributed by atoms with Crippen LogP contribution >= 0.6 is 0 Å². The van der Waals surface area contributed by atoms with Crippen molar-refractivity contribution in [3.05, 3.63) is 71.3 Å². The number of amidine groups is 1. The lowest BCUT2D eigenvalue weighted by Gasteiger charge is -2.06. The summed E-state index contributed by atoms with van der Waals surface area (Å²) in [5, 5.41) is 14.3. The van der Waals surface area contributed by atoms with E-state index >= 15 is 0 Å². The molecule has 20 heavy (non-hydrogen) atoms. The number of carbonyl (C=O) groups excluding carboxylic acids is 1. The van der Waals surface area contributed by atoms with Crippen molar-refractivity contribution in [1.82, 2.24) is 5.32 Å². The normalized spacial score (nSPS) is 11.1. The molecule has 5 heteroatoms. The van der Waals surface area contributed by atoms with Crippen LogP contribution in [0.15, 0.2) is 59.8 Å². The van der Waals surface area contributed by atoms with E-state index in [1.807, 2.05) is 30.3 Å². The second kappa shape index (κ2) is 6.38. The van der Waals surface area contributed by atoms with Crippen LogP contribution in [0.3, 0.4) is 0 Å². The van der Waals surface area contributed by atoms with Gasteiger partial charge < -0.3 is 16.3 Å². The number of hydrogen-bond acceptors (Lipinski definition) is 3. The maximum absolute atomic E-state index is 11.9. The number of nitrogens with two attached hydrogens (primary N) is 1. The van der Waals surface area contributed by atoms with Crippen molar-refractivity contribution in [2.45, 2.75) is 6.54 Å². The summed E-state index contributed by atoms with van der Waals surface area (Å²) in [5.74, 6) is -0.0593. The molecule has 0 saturated heterocycles. The minimum Gasteiger partial charge on any atom is -0.409 e. The lowest BCUT2D eigenvalue weighted by Crippen LogP contribution is -2.22. The third-order valence-electron chi connectivity index (χ3n) is 2.85. The average Bonchev–Trinajstić information content (AvgIpc) is 2.53. The Kier molecular flexibility index (Phi) is 4.34. The standard InChI is InChI=1S/C15H15N3O2/c16-14(18-20)12-8-6-11(7-9-12)10-17-15(19)13-4-2-1-3-5-13/h1-9,20H,10H2,(H2,16,18)(H,17,19). The summed E-state index contributed by atoms with van der Waals surface area (Å²) in [4.78, 5) is 11.9. The molecule has 4 N–H and O–H groups in total. The minimum absolute atomic E-state index is 0.0601. The Balaban J connectivity index is 1.96. The zero-order valence-corrected chi connectivity index (χ0v) is 10.8. The molecule has 0 saturated carbocycles. The van der Waals surface area contributed by atoms with E-state index in [1.165, 1.54) is 0 Å². The van der Waals surface area contributed by atoms with E-state index in [0.29, 0.717) is 17.7 Å². The predicted octanol–water partition coefficient (Wildman–Crippen LogP) is 1.71. The molecule has 0 bridgehead atoms. The third kappa shape index (κ3) is 3.35. The van der Waals surface area contributed by atoms with Gasteiger partial charge in [-0.25, -0.2) is 0 Å². The first-order valence-electron chi connectivity index (χ1n) is 6.11. The summed E-state index contributed by atoms with van der Waals surface area (Å²) in [6.45, 7) is 0.421. The fourth-order valence-electron chi connectivity index (χ4n) is 1.73. The average molecular weight is 269 g/mol. The predicted molar refractivity (Wildman–Crippen MR) is 76.6 cm³/mol. The monoisotopic (exact) mass is 269 g/mol. The van der Waals surface area contributed by atoms with Crippen molar-refractivity contribution in [2.75, 3.05) is 0 Å². The van der Waals surface area contributed by atoms with Gasteiger partial charge in [0.15, 0.2) is 5.84 Å². The SMILES string of the molecule is NC(=NO)c1ccc(CNC(=O)c2ccccc2)cc1. The minimum atomic E-state index is -0.119. The lowest BCUT2D eigenvalue weighted by atomic mass is 10.1. The first-order valence-corrected chi connectivity index (χ1v) is 6.11. The van der Waals surface area contributed by atoms with E-state index in [1.54, 1.807) is 24.3 Å². The highest BCUT2D eigenvalue weighted by atomic mass is 16.4. The van der Waals surface area contributed by atoms with Crippen LogP contribution in [-0.2, 0) is 6.54 Å². The van der Waals surface area contributed by atoms with Crippen molar-refractivity contribution < 1.29 is 10.0 Å². The highest BCUT2D eigenvalue weighted by Gasteiger charge is 2.04. The van der Waals surface area contributed by atoms with Crippen LogP contribution in [0.4, 0.5) is 0 Å². The third-order valence-corrected chi connectivity index (χ3v) is 2.85. The van der Waals surface area contributed by atoms with Gasteiger partial charge in [-0.05, 0) is 17.7 Å². The fraction of sp³-hybridized carbons (Fsp3) is 0.0667. The second-order valence-corrected chi connectivity index (χ2v) is 4.23. The molecule has 102 valence electrons. The summed E-state index contributed by atoms with van der Waals surface area (Å²) < 4.78 is 0. The van der Waals surface area contributed by atoms with Gasteiger partial charge in [0, 0.05) is 17.7 Å². The molecule has 0 spiro atoms. The van der Waals surface area contributed by atoms with Gasteiger partial charge in [0.25, 0.3) is 5.91 Å². The molecule has 0 atom stereocenters. The van der Waals surface area contributed by atoms with Crippen LogP contribution in [-0.4, -0.2) is 17.0 Å². The molecule has 1 amide bonds.